The zero-order chi connectivity index (χ0) is 34.1. The lowest BCUT2D eigenvalue weighted by molar-refractivity contribution is -0.130. The summed E-state index contributed by atoms with van der Waals surface area (Å²) in [6.45, 7) is 5.98. The van der Waals surface area contributed by atoms with E-state index in [1.54, 1.807) is 43.8 Å². The van der Waals surface area contributed by atoms with Gasteiger partial charge in [-0.1, -0.05) is 24.3 Å². The molecule has 1 saturated carbocycles. The molecule has 252 valence electrons. The number of anilines is 1. The average molecular weight is 655 g/mol. The van der Waals surface area contributed by atoms with Crippen LogP contribution in [-0.4, -0.2) is 68.8 Å². The van der Waals surface area contributed by atoms with Crippen LogP contribution in [-0.2, 0) is 20.7 Å². The summed E-state index contributed by atoms with van der Waals surface area (Å²) in [5.41, 5.74) is 3.50. The Morgan fingerprint density at radius 3 is 2.31 bits per heavy atom. The van der Waals surface area contributed by atoms with Crippen LogP contribution in [0.1, 0.15) is 52.0 Å². The van der Waals surface area contributed by atoms with E-state index in [2.05, 4.69) is 41.6 Å². The van der Waals surface area contributed by atoms with Crippen molar-refractivity contribution in [2.45, 2.75) is 64.5 Å². The number of nitrogens with zero attached hydrogens (tertiary/aromatic N) is 4. The highest BCUT2D eigenvalue weighted by Gasteiger charge is 2.30. The highest BCUT2D eigenvalue weighted by molar-refractivity contribution is 5.97. The second-order valence-corrected chi connectivity index (χ2v) is 12.9. The fraction of sp³-hybridized carbons (Fsp3) is 0.400. The van der Waals surface area contributed by atoms with Gasteiger partial charge in [-0.05, 0) is 99.0 Å². The van der Waals surface area contributed by atoms with Crippen LogP contribution in [0.4, 0.5) is 10.5 Å². The molecule has 5 rings (SSSR count). The Morgan fingerprint density at radius 1 is 0.958 bits per heavy atom. The predicted molar refractivity (Wildman–Crippen MR) is 180 cm³/mol. The number of ether oxygens (including phenoxy) is 2. The molecule has 1 aliphatic rings. The Labute approximate surface area is 279 Å². The molecule has 0 aliphatic heterocycles. The van der Waals surface area contributed by atoms with Crippen LogP contribution in [0.5, 0.6) is 5.75 Å². The second kappa shape index (κ2) is 15.5. The Bertz CT molecular complexity index is 1660. The molecule has 1 fully saturated rings. The summed E-state index contributed by atoms with van der Waals surface area (Å²) in [6.07, 6.45) is 6.15. The number of hydrogen-bond acceptors (Lipinski definition) is 9. The van der Waals surface area contributed by atoms with Crippen LogP contribution in [0.15, 0.2) is 67.0 Å². The number of rotatable bonds is 11. The smallest absolute Gasteiger partial charge is 0.407 e. The maximum Gasteiger partial charge on any atom is 0.407 e. The van der Waals surface area contributed by atoms with Gasteiger partial charge in [-0.2, -0.15) is 5.21 Å². The first-order chi connectivity index (χ1) is 23.1. The zero-order valence-corrected chi connectivity index (χ0v) is 27.7. The van der Waals surface area contributed by atoms with Crippen molar-refractivity contribution in [3.05, 3.63) is 72.6 Å². The van der Waals surface area contributed by atoms with Crippen LogP contribution >= 0.6 is 0 Å². The third-order valence-electron chi connectivity index (χ3n) is 8.25. The number of aromatic nitrogens is 5. The molecule has 0 spiro atoms. The quantitative estimate of drug-likeness (QED) is 0.175. The molecule has 48 heavy (non-hydrogen) atoms. The molecule has 2 heterocycles. The molecule has 3 amide bonds. The van der Waals surface area contributed by atoms with Crippen molar-refractivity contribution in [1.82, 2.24) is 36.2 Å². The standard InChI is InChI=1S/C35H42N8O5/c1-35(2,3)48-34(46)37-20-23-7-11-26(12-8-23)32(44)39-29(33(45)38-27-15-13-25(14-16-27)31-40-42-43-41-31)19-22-5-9-24(10-6-22)28-17-18-36-21-30(28)47-4/h5-6,9-10,13-18,21,23,26,29H,7-8,11-12,19-20H2,1-4H3,(H,37,46)(H,38,45)(H,39,44)(H,40,41,42,43)/t23?,26?,29-/m0/s1. The Kier molecular flexibility index (Phi) is 11.0. The molecular formula is C35H42N8O5. The Balaban J connectivity index is 1.24. The van der Waals surface area contributed by atoms with Crippen LogP contribution in [0.25, 0.3) is 22.5 Å². The van der Waals surface area contributed by atoms with E-state index in [9.17, 15) is 14.4 Å². The SMILES string of the molecule is COc1cnccc1-c1ccc(C[C@H](NC(=O)C2CCC(CNC(=O)OC(C)(C)C)CC2)C(=O)Nc2ccc(-c3nn[nH]n3)cc2)cc1. The molecule has 0 unspecified atom stereocenters. The van der Waals surface area contributed by atoms with Gasteiger partial charge >= 0.3 is 6.09 Å². The molecule has 2 aromatic heterocycles. The summed E-state index contributed by atoms with van der Waals surface area (Å²) < 4.78 is 10.8. The molecule has 4 N–H and O–H groups in total. The van der Waals surface area contributed by atoms with Crippen LogP contribution < -0.4 is 20.7 Å². The number of H-pyrrole nitrogens is 1. The van der Waals surface area contributed by atoms with Crippen LogP contribution in [0.3, 0.4) is 0 Å². The first-order valence-corrected chi connectivity index (χ1v) is 16.1. The van der Waals surface area contributed by atoms with E-state index >= 15 is 0 Å². The largest absolute Gasteiger partial charge is 0.494 e. The number of carbonyl (C=O) groups excluding carboxylic acids is 3. The van der Waals surface area contributed by atoms with Crippen molar-refractivity contribution in [3.8, 4) is 28.3 Å². The molecular weight excluding hydrogens is 612 g/mol. The van der Waals surface area contributed by atoms with Gasteiger partial charge in [0.1, 0.15) is 17.4 Å². The van der Waals surface area contributed by atoms with Crippen molar-refractivity contribution < 1.29 is 23.9 Å². The lowest BCUT2D eigenvalue weighted by Crippen LogP contribution is -2.48. The monoisotopic (exact) mass is 654 g/mol. The van der Waals surface area contributed by atoms with Gasteiger partial charge in [0.05, 0.1) is 13.3 Å². The number of carbonyl (C=O) groups is 3. The number of nitrogens with one attached hydrogen (secondary N) is 4. The molecule has 1 aliphatic carbocycles. The summed E-state index contributed by atoms with van der Waals surface area (Å²) in [5.74, 6) is 0.657. The summed E-state index contributed by atoms with van der Waals surface area (Å²) in [4.78, 5) is 43.4. The summed E-state index contributed by atoms with van der Waals surface area (Å²) >= 11 is 0. The van der Waals surface area contributed by atoms with E-state index in [-0.39, 0.29) is 23.7 Å². The van der Waals surface area contributed by atoms with Gasteiger partial charge in [0.25, 0.3) is 0 Å². The molecule has 1 atom stereocenters. The number of amides is 3. The van der Waals surface area contributed by atoms with Crippen molar-refractivity contribution in [1.29, 1.82) is 0 Å². The Morgan fingerprint density at radius 2 is 1.67 bits per heavy atom. The number of aromatic amines is 1. The lowest BCUT2D eigenvalue weighted by atomic mass is 9.81. The molecule has 13 heteroatoms. The van der Waals surface area contributed by atoms with Gasteiger partial charge in [0, 0.05) is 41.9 Å². The minimum Gasteiger partial charge on any atom is -0.494 e. The third kappa shape index (κ3) is 9.36. The average Bonchev–Trinajstić information content (AvgIpc) is 3.62. The summed E-state index contributed by atoms with van der Waals surface area (Å²) in [5, 5.41) is 22.8. The second-order valence-electron chi connectivity index (χ2n) is 12.9. The first kappa shape index (κ1) is 34.0. The molecule has 0 saturated heterocycles. The number of benzene rings is 2. The van der Waals surface area contributed by atoms with Gasteiger partial charge in [-0.3, -0.25) is 14.6 Å². The van der Waals surface area contributed by atoms with E-state index in [0.29, 0.717) is 43.1 Å². The molecule has 13 nitrogen and oxygen atoms in total. The van der Waals surface area contributed by atoms with Gasteiger partial charge < -0.3 is 25.4 Å². The number of hydrogen-bond donors (Lipinski definition) is 4. The first-order valence-electron chi connectivity index (χ1n) is 16.1. The van der Waals surface area contributed by atoms with Gasteiger partial charge in [0.2, 0.25) is 17.6 Å². The number of tetrazole rings is 1. The number of alkyl carbamates (subject to hydrolysis) is 1. The highest BCUT2D eigenvalue weighted by Crippen LogP contribution is 2.30. The van der Waals surface area contributed by atoms with Gasteiger partial charge in [-0.25, -0.2) is 4.79 Å². The summed E-state index contributed by atoms with van der Waals surface area (Å²) in [6, 6.07) is 16.0. The molecule has 0 radical (unpaired) electrons. The zero-order valence-electron chi connectivity index (χ0n) is 27.7. The Hall–Kier alpha value is -5.33. The topological polar surface area (TPSA) is 173 Å². The van der Waals surface area contributed by atoms with E-state index in [0.717, 1.165) is 35.1 Å². The highest BCUT2D eigenvalue weighted by atomic mass is 16.6. The van der Waals surface area contributed by atoms with Crippen molar-refractivity contribution >= 4 is 23.6 Å². The third-order valence-corrected chi connectivity index (χ3v) is 8.25. The lowest BCUT2D eigenvalue weighted by Gasteiger charge is -2.29. The fourth-order valence-electron chi connectivity index (χ4n) is 5.72. The normalized spacial score (nSPS) is 16.8. The van der Waals surface area contributed by atoms with Crippen LogP contribution in [0.2, 0.25) is 0 Å². The van der Waals surface area contributed by atoms with E-state index < -0.39 is 17.7 Å². The van der Waals surface area contributed by atoms with E-state index in [1.165, 1.54) is 0 Å². The summed E-state index contributed by atoms with van der Waals surface area (Å²) in [7, 11) is 1.60. The van der Waals surface area contributed by atoms with Gasteiger partial charge in [0.15, 0.2) is 0 Å². The number of methoxy groups -OCH3 is 1. The minimum atomic E-state index is -0.817. The predicted octanol–water partition coefficient (Wildman–Crippen LogP) is 4.93. The molecule has 2 aromatic carbocycles. The van der Waals surface area contributed by atoms with Crippen molar-refractivity contribution in [2.75, 3.05) is 19.0 Å². The number of pyridine rings is 1. The maximum absolute atomic E-state index is 13.7. The maximum atomic E-state index is 13.7. The van der Waals surface area contributed by atoms with E-state index in [4.69, 9.17) is 9.47 Å². The molecule has 0 bridgehead atoms. The van der Waals surface area contributed by atoms with E-state index in [1.807, 2.05) is 51.1 Å². The van der Waals surface area contributed by atoms with Crippen molar-refractivity contribution in [2.24, 2.45) is 11.8 Å². The fourth-order valence-corrected chi connectivity index (χ4v) is 5.72. The van der Waals surface area contributed by atoms with Crippen molar-refractivity contribution in [3.63, 3.8) is 0 Å². The molecule has 4 aromatic rings. The minimum absolute atomic E-state index is 0.153. The van der Waals surface area contributed by atoms with Crippen LogP contribution in [0, 0.1) is 11.8 Å². The van der Waals surface area contributed by atoms with Gasteiger partial charge in [-0.15, -0.1) is 10.2 Å².